The fraction of sp³-hybridized carbons (Fsp3) is 0.562. The molecule has 20 heavy (non-hydrogen) atoms. The minimum atomic E-state index is 0.547. The van der Waals surface area contributed by atoms with E-state index in [1.54, 1.807) is 0 Å². The van der Waals surface area contributed by atoms with Crippen molar-refractivity contribution >= 4 is 11.0 Å². The number of rotatable bonds is 8. The number of aromatic nitrogens is 1. The zero-order valence-corrected chi connectivity index (χ0v) is 12.5. The molecule has 0 amide bonds. The summed E-state index contributed by atoms with van der Waals surface area (Å²) in [4.78, 5) is 0. The van der Waals surface area contributed by atoms with Crippen LogP contribution in [0.2, 0.25) is 0 Å². The third-order valence-corrected chi connectivity index (χ3v) is 3.35. The third-order valence-electron chi connectivity index (χ3n) is 3.35. The van der Waals surface area contributed by atoms with Crippen molar-refractivity contribution in [3.8, 4) is 11.6 Å². The average molecular weight is 277 g/mol. The van der Waals surface area contributed by atoms with E-state index in [-0.39, 0.29) is 0 Å². The van der Waals surface area contributed by atoms with Gasteiger partial charge in [0.05, 0.1) is 18.6 Å². The van der Waals surface area contributed by atoms with Gasteiger partial charge in [-0.25, -0.2) is 0 Å². The summed E-state index contributed by atoms with van der Waals surface area (Å²) in [5, 5.41) is 4.79. The van der Waals surface area contributed by atoms with Gasteiger partial charge in [-0.05, 0) is 36.6 Å². The minimum absolute atomic E-state index is 0.547. The summed E-state index contributed by atoms with van der Waals surface area (Å²) in [6.45, 7) is 7.72. The van der Waals surface area contributed by atoms with Crippen LogP contribution in [0, 0.1) is 5.92 Å². The monoisotopic (exact) mass is 277 g/mol. The van der Waals surface area contributed by atoms with Crippen LogP contribution in [0.25, 0.3) is 11.0 Å². The van der Waals surface area contributed by atoms with Gasteiger partial charge in [-0.15, -0.1) is 0 Å². The Bertz CT molecular complexity index is 536. The van der Waals surface area contributed by atoms with Crippen LogP contribution in [0.5, 0.6) is 11.6 Å². The fourth-order valence-electron chi connectivity index (χ4n) is 2.24. The molecule has 2 rings (SSSR count). The van der Waals surface area contributed by atoms with Crippen LogP contribution >= 0.6 is 0 Å². The molecule has 4 nitrogen and oxygen atoms in total. The Balaban J connectivity index is 1.95. The van der Waals surface area contributed by atoms with Gasteiger partial charge in [0, 0.05) is 6.07 Å². The topological polar surface area (TPSA) is 44.5 Å². The second-order valence-corrected chi connectivity index (χ2v) is 5.11. The summed E-state index contributed by atoms with van der Waals surface area (Å²) >= 11 is 0. The van der Waals surface area contributed by atoms with Crippen molar-refractivity contribution in [2.75, 3.05) is 13.2 Å². The van der Waals surface area contributed by atoms with Gasteiger partial charge >= 0.3 is 0 Å². The standard InChI is InChI=1S/C16H23NO3/c1-4-6-12(3)9-10-19-13-7-8-14-15(11-13)20-17-16(14)18-5-2/h7-8,11-12H,4-6,9-10H2,1-3H3. The Morgan fingerprint density at radius 2 is 2.05 bits per heavy atom. The lowest BCUT2D eigenvalue weighted by atomic mass is 10.0. The molecule has 0 N–H and O–H groups in total. The summed E-state index contributed by atoms with van der Waals surface area (Å²) in [7, 11) is 0. The summed E-state index contributed by atoms with van der Waals surface area (Å²) in [5.41, 5.74) is 0.701. The number of hydrogen-bond acceptors (Lipinski definition) is 4. The lowest BCUT2D eigenvalue weighted by Crippen LogP contribution is -2.03. The molecule has 0 fully saturated rings. The van der Waals surface area contributed by atoms with E-state index in [1.165, 1.54) is 12.8 Å². The van der Waals surface area contributed by atoms with Gasteiger partial charge in [-0.2, -0.15) is 0 Å². The fourth-order valence-corrected chi connectivity index (χ4v) is 2.24. The Morgan fingerprint density at radius 1 is 1.20 bits per heavy atom. The number of fused-ring (bicyclic) bond motifs is 1. The van der Waals surface area contributed by atoms with E-state index in [0.717, 1.165) is 24.2 Å². The molecule has 0 radical (unpaired) electrons. The molecular formula is C16H23NO3. The van der Waals surface area contributed by atoms with Crippen LogP contribution in [0.4, 0.5) is 0 Å². The minimum Gasteiger partial charge on any atom is -0.493 e. The van der Waals surface area contributed by atoms with Crippen LogP contribution in [-0.2, 0) is 0 Å². The van der Waals surface area contributed by atoms with Crippen LogP contribution in [0.1, 0.15) is 40.0 Å². The zero-order valence-electron chi connectivity index (χ0n) is 12.5. The molecule has 1 unspecified atom stereocenters. The van der Waals surface area contributed by atoms with E-state index >= 15 is 0 Å². The number of nitrogens with zero attached hydrogens (tertiary/aromatic N) is 1. The second kappa shape index (κ2) is 7.17. The number of benzene rings is 1. The van der Waals surface area contributed by atoms with Crippen molar-refractivity contribution in [1.29, 1.82) is 0 Å². The third kappa shape index (κ3) is 3.65. The van der Waals surface area contributed by atoms with E-state index in [2.05, 4.69) is 19.0 Å². The largest absolute Gasteiger partial charge is 0.493 e. The SMILES string of the molecule is CCCC(C)CCOc1ccc2c(OCC)noc2c1. The first-order valence-electron chi connectivity index (χ1n) is 7.39. The first kappa shape index (κ1) is 14.7. The molecule has 1 aromatic heterocycles. The van der Waals surface area contributed by atoms with Gasteiger partial charge < -0.3 is 14.0 Å². The Hall–Kier alpha value is -1.71. The van der Waals surface area contributed by atoms with Crippen molar-refractivity contribution < 1.29 is 14.0 Å². The Kier molecular flexibility index (Phi) is 5.27. The smallest absolute Gasteiger partial charge is 0.262 e. The molecule has 1 aromatic carbocycles. The molecule has 0 saturated heterocycles. The van der Waals surface area contributed by atoms with Crippen LogP contribution < -0.4 is 9.47 Å². The van der Waals surface area contributed by atoms with Gasteiger partial charge in [0.15, 0.2) is 5.58 Å². The second-order valence-electron chi connectivity index (χ2n) is 5.11. The molecule has 2 aromatic rings. The quantitative estimate of drug-likeness (QED) is 0.716. The van der Waals surface area contributed by atoms with Crippen LogP contribution in [0.3, 0.4) is 0 Å². The van der Waals surface area contributed by atoms with Gasteiger partial charge in [0.2, 0.25) is 0 Å². The lowest BCUT2D eigenvalue weighted by molar-refractivity contribution is 0.278. The van der Waals surface area contributed by atoms with Gasteiger partial charge in [-0.3, -0.25) is 0 Å². The molecule has 0 aliphatic rings. The van der Waals surface area contributed by atoms with E-state index < -0.39 is 0 Å². The highest BCUT2D eigenvalue weighted by Crippen LogP contribution is 2.28. The van der Waals surface area contributed by atoms with E-state index in [4.69, 9.17) is 14.0 Å². The van der Waals surface area contributed by atoms with Crippen molar-refractivity contribution in [1.82, 2.24) is 5.16 Å². The molecule has 1 heterocycles. The summed E-state index contributed by atoms with van der Waals surface area (Å²) in [5.74, 6) is 2.07. The van der Waals surface area contributed by atoms with Crippen LogP contribution in [-0.4, -0.2) is 18.4 Å². The molecule has 0 aliphatic carbocycles. The molecule has 0 saturated carbocycles. The summed E-state index contributed by atoms with van der Waals surface area (Å²) in [6, 6.07) is 5.74. The van der Waals surface area contributed by atoms with E-state index in [1.807, 2.05) is 25.1 Å². The van der Waals surface area contributed by atoms with Crippen molar-refractivity contribution in [2.45, 2.75) is 40.0 Å². The first-order chi connectivity index (χ1) is 9.74. The first-order valence-corrected chi connectivity index (χ1v) is 7.39. The maximum absolute atomic E-state index is 5.77. The predicted molar refractivity (Wildman–Crippen MR) is 79.4 cm³/mol. The summed E-state index contributed by atoms with van der Waals surface area (Å²) < 4.78 is 16.4. The van der Waals surface area contributed by atoms with Crippen molar-refractivity contribution in [2.24, 2.45) is 5.92 Å². The normalized spacial score (nSPS) is 12.6. The highest BCUT2D eigenvalue weighted by Gasteiger charge is 2.10. The predicted octanol–water partition coefficient (Wildman–Crippen LogP) is 4.43. The summed E-state index contributed by atoms with van der Waals surface area (Å²) in [6.07, 6.45) is 3.56. The van der Waals surface area contributed by atoms with E-state index in [0.29, 0.717) is 24.0 Å². The molecular weight excluding hydrogens is 254 g/mol. The Labute approximate surface area is 120 Å². The molecule has 0 bridgehead atoms. The molecule has 0 aliphatic heterocycles. The van der Waals surface area contributed by atoms with Crippen molar-refractivity contribution in [3.05, 3.63) is 18.2 Å². The van der Waals surface area contributed by atoms with Gasteiger partial charge in [0.1, 0.15) is 5.75 Å². The average Bonchev–Trinajstić information content (AvgIpc) is 2.82. The molecule has 110 valence electrons. The highest BCUT2D eigenvalue weighted by atomic mass is 16.5. The zero-order chi connectivity index (χ0) is 14.4. The maximum Gasteiger partial charge on any atom is 0.262 e. The molecule has 0 spiro atoms. The maximum atomic E-state index is 5.77. The Morgan fingerprint density at radius 3 is 2.80 bits per heavy atom. The highest BCUT2D eigenvalue weighted by molar-refractivity contribution is 5.83. The van der Waals surface area contributed by atoms with E-state index in [9.17, 15) is 0 Å². The molecule has 4 heteroatoms. The lowest BCUT2D eigenvalue weighted by Gasteiger charge is -2.11. The number of ether oxygens (including phenoxy) is 2. The number of hydrogen-bond donors (Lipinski definition) is 0. The van der Waals surface area contributed by atoms with Crippen molar-refractivity contribution in [3.63, 3.8) is 0 Å². The van der Waals surface area contributed by atoms with Gasteiger partial charge in [0.25, 0.3) is 5.88 Å². The van der Waals surface area contributed by atoms with Gasteiger partial charge in [-0.1, -0.05) is 26.7 Å². The van der Waals surface area contributed by atoms with Crippen LogP contribution in [0.15, 0.2) is 22.7 Å². The molecule has 1 atom stereocenters.